The Kier molecular flexibility index (Phi) is 7.56. The highest BCUT2D eigenvalue weighted by Crippen LogP contribution is 2.34. The summed E-state index contributed by atoms with van der Waals surface area (Å²) >= 11 is 0. The van der Waals surface area contributed by atoms with Crippen molar-refractivity contribution in [3.8, 4) is 17.2 Å². The van der Waals surface area contributed by atoms with Gasteiger partial charge in [0, 0.05) is 35.9 Å². The van der Waals surface area contributed by atoms with Gasteiger partial charge in [0.15, 0.2) is 11.5 Å². The number of non-ortho nitro benzene ring substituents is 1. The normalized spacial score (nSPS) is 10.1. The van der Waals surface area contributed by atoms with Gasteiger partial charge in [-0.05, 0) is 19.1 Å². The van der Waals surface area contributed by atoms with Crippen LogP contribution in [0.3, 0.4) is 0 Å². The van der Waals surface area contributed by atoms with E-state index in [2.05, 4.69) is 5.32 Å². The molecule has 0 fully saturated rings. The van der Waals surface area contributed by atoms with Crippen LogP contribution in [0.1, 0.15) is 33.2 Å². The monoisotopic (exact) mass is 418 g/mol. The molecule has 0 radical (unpaired) electrons. The average Bonchev–Trinajstić information content (AvgIpc) is 2.76. The molecule has 160 valence electrons. The lowest BCUT2D eigenvalue weighted by Crippen LogP contribution is -2.23. The fourth-order valence-electron chi connectivity index (χ4n) is 2.69. The van der Waals surface area contributed by atoms with Crippen LogP contribution in [-0.4, -0.2) is 44.7 Å². The number of nitro groups is 1. The summed E-state index contributed by atoms with van der Waals surface area (Å²) < 4.78 is 20.7. The molecule has 1 N–H and O–H groups in total. The standard InChI is InChI=1S/C20H22N2O8/c1-5-30-20(24)13-6-12(7-15(8-13)22(25)26)19(23)21-11-14-9-17(28-3)18(29-4)10-16(14)27-2/h6-10H,5,11H2,1-4H3,(H,21,23). The Bertz CT molecular complexity index is 958. The molecule has 0 bridgehead atoms. The Hall–Kier alpha value is -3.82. The van der Waals surface area contributed by atoms with Crippen LogP contribution in [-0.2, 0) is 11.3 Å². The maximum absolute atomic E-state index is 12.6. The van der Waals surface area contributed by atoms with Crippen LogP contribution in [0.15, 0.2) is 30.3 Å². The predicted molar refractivity (Wildman–Crippen MR) is 106 cm³/mol. The molecule has 0 saturated carbocycles. The third kappa shape index (κ3) is 5.16. The molecule has 0 aromatic heterocycles. The lowest BCUT2D eigenvalue weighted by Gasteiger charge is -2.14. The molecule has 2 rings (SSSR count). The highest BCUT2D eigenvalue weighted by atomic mass is 16.6. The molecule has 0 aliphatic rings. The number of nitrogens with one attached hydrogen (secondary N) is 1. The van der Waals surface area contributed by atoms with Gasteiger partial charge in [-0.15, -0.1) is 0 Å². The zero-order valence-corrected chi connectivity index (χ0v) is 17.0. The van der Waals surface area contributed by atoms with Crippen LogP contribution >= 0.6 is 0 Å². The number of nitrogens with zero attached hydrogens (tertiary/aromatic N) is 1. The summed E-state index contributed by atoms with van der Waals surface area (Å²) in [4.78, 5) is 35.1. The Morgan fingerprint density at radius 3 is 2.10 bits per heavy atom. The van der Waals surface area contributed by atoms with E-state index in [9.17, 15) is 19.7 Å². The van der Waals surface area contributed by atoms with Crippen molar-refractivity contribution in [2.75, 3.05) is 27.9 Å². The Morgan fingerprint density at radius 1 is 0.933 bits per heavy atom. The van der Waals surface area contributed by atoms with Gasteiger partial charge >= 0.3 is 5.97 Å². The number of carbonyl (C=O) groups excluding carboxylic acids is 2. The smallest absolute Gasteiger partial charge is 0.338 e. The third-order valence-corrected chi connectivity index (χ3v) is 4.13. The number of benzene rings is 2. The topological polar surface area (TPSA) is 126 Å². The summed E-state index contributed by atoms with van der Waals surface area (Å²) in [7, 11) is 4.44. The van der Waals surface area contributed by atoms with E-state index in [1.165, 1.54) is 27.4 Å². The van der Waals surface area contributed by atoms with E-state index < -0.39 is 22.5 Å². The molecule has 0 saturated heterocycles. The van der Waals surface area contributed by atoms with Crippen molar-refractivity contribution in [3.05, 3.63) is 57.1 Å². The van der Waals surface area contributed by atoms with Gasteiger partial charge in [-0.3, -0.25) is 14.9 Å². The molecular weight excluding hydrogens is 396 g/mol. The van der Waals surface area contributed by atoms with Crippen molar-refractivity contribution in [2.45, 2.75) is 13.5 Å². The van der Waals surface area contributed by atoms with E-state index >= 15 is 0 Å². The SMILES string of the molecule is CCOC(=O)c1cc(C(=O)NCc2cc(OC)c(OC)cc2OC)cc([N+](=O)[O-])c1. The van der Waals surface area contributed by atoms with Crippen LogP contribution in [0.5, 0.6) is 17.2 Å². The van der Waals surface area contributed by atoms with Crippen LogP contribution < -0.4 is 19.5 Å². The summed E-state index contributed by atoms with van der Waals surface area (Å²) in [5.41, 5.74) is 0.0699. The zero-order valence-electron chi connectivity index (χ0n) is 17.0. The predicted octanol–water partition coefficient (Wildman–Crippen LogP) is 2.73. The number of rotatable bonds is 9. The van der Waals surface area contributed by atoms with Gasteiger partial charge in [0.25, 0.3) is 11.6 Å². The molecule has 10 heteroatoms. The van der Waals surface area contributed by atoms with E-state index in [0.717, 1.165) is 12.1 Å². The summed E-state index contributed by atoms with van der Waals surface area (Å²) in [6, 6.07) is 6.66. The average molecular weight is 418 g/mol. The molecule has 0 unspecified atom stereocenters. The Morgan fingerprint density at radius 2 is 1.53 bits per heavy atom. The molecule has 0 spiro atoms. The second kappa shape index (κ2) is 10.1. The lowest BCUT2D eigenvalue weighted by molar-refractivity contribution is -0.384. The van der Waals surface area contributed by atoms with E-state index in [4.69, 9.17) is 18.9 Å². The minimum absolute atomic E-state index is 0.0415. The number of amides is 1. The van der Waals surface area contributed by atoms with Crippen molar-refractivity contribution in [2.24, 2.45) is 0 Å². The van der Waals surface area contributed by atoms with Gasteiger partial charge < -0.3 is 24.3 Å². The molecule has 30 heavy (non-hydrogen) atoms. The number of hydrogen-bond donors (Lipinski definition) is 1. The molecule has 0 aliphatic heterocycles. The summed E-state index contributed by atoms with van der Waals surface area (Å²) in [6.45, 7) is 1.75. The highest BCUT2D eigenvalue weighted by Gasteiger charge is 2.19. The van der Waals surface area contributed by atoms with Gasteiger partial charge in [0.2, 0.25) is 0 Å². The first-order valence-electron chi connectivity index (χ1n) is 8.88. The van der Waals surface area contributed by atoms with E-state index in [1.54, 1.807) is 19.1 Å². The first kappa shape index (κ1) is 22.5. The van der Waals surface area contributed by atoms with Crippen LogP contribution in [0.4, 0.5) is 5.69 Å². The van der Waals surface area contributed by atoms with Crippen molar-refractivity contribution in [1.82, 2.24) is 5.32 Å². The molecule has 0 atom stereocenters. The number of methoxy groups -OCH3 is 3. The Balaban J connectivity index is 2.30. The molecule has 1 amide bonds. The lowest BCUT2D eigenvalue weighted by atomic mass is 10.1. The van der Waals surface area contributed by atoms with Gasteiger partial charge in [0.1, 0.15) is 5.75 Å². The van der Waals surface area contributed by atoms with Crippen molar-refractivity contribution < 1.29 is 33.5 Å². The first-order valence-corrected chi connectivity index (χ1v) is 8.88. The van der Waals surface area contributed by atoms with Gasteiger partial charge in [-0.2, -0.15) is 0 Å². The van der Waals surface area contributed by atoms with E-state index in [0.29, 0.717) is 22.8 Å². The largest absolute Gasteiger partial charge is 0.496 e. The number of nitro benzene ring substituents is 1. The fraction of sp³-hybridized carbons (Fsp3) is 0.300. The number of carbonyl (C=O) groups is 2. The maximum atomic E-state index is 12.6. The van der Waals surface area contributed by atoms with Gasteiger partial charge in [-0.1, -0.05) is 0 Å². The summed E-state index contributed by atoms with van der Waals surface area (Å²) in [5.74, 6) is 0.00165. The first-order chi connectivity index (χ1) is 14.3. The van der Waals surface area contributed by atoms with Gasteiger partial charge in [-0.25, -0.2) is 4.79 Å². The van der Waals surface area contributed by atoms with Crippen molar-refractivity contribution in [3.63, 3.8) is 0 Å². The minimum atomic E-state index is -0.753. The van der Waals surface area contributed by atoms with Crippen molar-refractivity contribution in [1.29, 1.82) is 0 Å². The third-order valence-electron chi connectivity index (χ3n) is 4.13. The highest BCUT2D eigenvalue weighted by molar-refractivity contribution is 5.99. The van der Waals surface area contributed by atoms with Crippen molar-refractivity contribution >= 4 is 17.6 Å². The second-order valence-electron chi connectivity index (χ2n) is 5.95. The minimum Gasteiger partial charge on any atom is -0.496 e. The van der Waals surface area contributed by atoms with Gasteiger partial charge in [0.05, 0.1) is 38.4 Å². The quantitative estimate of drug-likeness (QED) is 0.374. The summed E-state index contributed by atoms with van der Waals surface area (Å²) in [5, 5.41) is 13.8. The zero-order chi connectivity index (χ0) is 22.3. The maximum Gasteiger partial charge on any atom is 0.338 e. The van der Waals surface area contributed by atoms with Crippen LogP contribution in [0.25, 0.3) is 0 Å². The molecule has 2 aromatic carbocycles. The molecule has 2 aromatic rings. The molecule has 0 aliphatic carbocycles. The number of esters is 1. The molecule has 0 heterocycles. The second-order valence-corrected chi connectivity index (χ2v) is 5.95. The van der Waals surface area contributed by atoms with Crippen LogP contribution in [0.2, 0.25) is 0 Å². The number of ether oxygens (including phenoxy) is 4. The Labute approximate surface area is 172 Å². The summed E-state index contributed by atoms with van der Waals surface area (Å²) in [6.07, 6.45) is 0. The fourth-order valence-corrected chi connectivity index (χ4v) is 2.69. The van der Waals surface area contributed by atoms with Crippen LogP contribution in [0, 0.1) is 10.1 Å². The number of hydrogen-bond acceptors (Lipinski definition) is 8. The van der Waals surface area contributed by atoms with E-state index in [1.807, 2.05) is 0 Å². The molecular formula is C20H22N2O8. The molecule has 10 nitrogen and oxygen atoms in total. The van der Waals surface area contributed by atoms with E-state index in [-0.39, 0.29) is 24.3 Å².